The van der Waals surface area contributed by atoms with Crippen LogP contribution in [0.1, 0.15) is 25.7 Å². The lowest BCUT2D eigenvalue weighted by molar-refractivity contribution is -0.117. The molecule has 2 bridgehead atoms. The number of carbonyl (C=O) groups excluding carboxylic acids is 1. The number of hydrogen-bond acceptors (Lipinski definition) is 2. The Balaban J connectivity index is 1.48. The van der Waals surface area contributed by atoms with Gasteiger partial charge in [-0.2, -0.15) is 0 Å². The summed E-state index contributed by atoms with van der Waals surface area (Å²) in [6.45, 7) is 0.784. The molecule has 3 aliphatic rings. The second kappa shape index (κ2) is 2.96. The van der Waals surface area contributed by atoms with Gasteiger partial charge in [-0.1, -0.05) is 0 Å². The molecule has 0 aromatic rings. The predicted octanol–water partition coefficient (Wildman–Crippen LogP) is 0.496. The van der Waals surface area contributed by atoms with E-state index in [4.69, 9.17) is 5.73 Å². The number of fused-ring (bicyclic) bond motifs is 5. The van der Waals surface area contributed by atoms with Gasteiger partial charge in [0.15, 0.2) is 0 Å². The minimum atomic E-state index is -0.189. The van der Waals surface area contributed by atoms with Crippen LogP contribution in [0, 0.1) is 23.7 Å². The van der Waals surface area contributed by atoms with Crippen molar-refractivity contribution in [3.63, 3.8) is 0 Å². The predicted molar refractivity (Wildman–Crippen MR) is 53.4 cm³/mol. The van der Waals surface area contributed by atoms with Crippen molar-refractivity contribution in [3.05, 3.63) is 0 Å². The molecule has 14 heavy (non-hydrogen) atoms. The number of carbonyl (C=O) groups is 1. The Morgan fingerprint density at radius 3 is 2.50 bits per heavy atom. The largest absolute Gasteiger partial charge is 0.370 e. The van der Waals surface area contributed by atoms with E-state index in [0.717, 1.165) is 36.3 Å². The van der Waals surface area contributed by atoms with Crippen LogP contribution in [0.3, 0.4) is 0 Å². The Morgan fingerprint density at radius 1 is 1.29 bits per heavy atom. The van der Waals surface area contributed by atoms with Gasteiger partial charge in [-0.15, -0.1) is 0 Å². The zero-order chi connectivity index (χ0) is 9.71. The van der Waals surface area contributed by atoms with Crippen LogP contribution in [0.5, 0.6) is 0 Å². The van der Waals surface area contributed by atoms with Crippen LogP contribution in [0.4, 0.5) is 0 Å². The molecule has 3 heteroatoms. The molecular weight excluding hydrogens is 176 g/mol. The first-order valence-corrected chi connectivity index (χ1v) is 5.79. The van der Waals surface area contributed by atoms with E-state index in [0.29, 0.717) is 6.42 Å². The van der Waals surface area contributed by atoms with Crippen molar-refractivity contribution in [2.75, 3.05) is 6.54 Å². The fourth-order valence-electron chi connectivity index (χ4n) is 3.96. The van der Waals surface area contributed by atoms with Crippen LogP contribution in [0.25, 0.3) is 0 Å². The van der Waals surface area contributed by atoms with Crippen molar-refractivity contribution in [3.8, 4) is 0 Å². The smallest absolute Gasteiger partial charge is 0.218 e. The molecule has 0 aliphatic heterocycles. The second-order valence-corrected chi connectivity index (χ2v) is 5.18. The maximum atomic E-state index is 10.6. The van der Waals surface area contributed by atoms with Crippen LogP contribution in [-0.4, -0.2) is 18.5 Å². The summed E-state index contributed by atoms with van der Waals surface area (Å²) >= 11 is 0. The molecule has 3 fully saturated rings. The van der Waals surface area contributed by atoms with E-state index in [1.807, 2.05) is 0 Å². The third-order valence-corrected chi connectivity index (χ3v) is 4.49. The zero-order valence-electron chi connectivity index (χ0n) is 8.41. The number of primary amides is 1. The summed E-state index contributed by atoms with van der Waals surface area (Å²) in [5, 5.41) is 3.49. The van der Waals surface area contributed by atoms with Crippen molar-refractivity contribution in [2.24, 2.45) is 29.4 Å². The zero-order valence-corrected chi connectivity index (χ0v) is 8.41. The molecule has 0 heterocycles. The molecule has 1 amide bonds. The molecule has 3 rings (SSSR count). The Bertz CT molecular complexity index is 250. The molecule has 4 atom stereocenters. The quantitative estimate of drug-likeness (QED) is 0.684. The van der Waals surface area contributed by atoms with Crippen LogP contribution in [0.2, 0.25) is 0 Å². The van der Waals surface area contributed by atoms with Gasteiger partial charge in [-0.25, -0.2) is 0 Å². The molecule has 3 nitrogen and oxygen atoms in total. The first kappa shape index (κ1) is 8.72. The Morgan fingerprint density at radius 2 is 1.93 bits per heavy atom. The third-order valence-electron chi connectivity index (χ3n) is 4.49. The first-order valence-electron chi connectivity index (χ1n) is 5.79. The van der Waals surface area contributed by atoms with Crippen LogP contribution < -0.4 is 11.1 Å². The standard InChI is InChI=1S/C11H18N2O/c12-8(14)3-4-13-11-9-6-1-2-7(5-6)10(9)11/h6-7,9-11,13H,1-5H2,(H2,12,14). The van der Waals surface area contributed by atoms with Gasteiger partial charge in [0.05, 0.1) is 0 Å². The molecule has 0 saturated heterocycles. The monoisotopic (exact) mass is 194 g/mol. The van der Waals surface area contributed by atoms with Crippen LogP contribution in [-0.2, 0) is 4.79 Å². The average Bonchev–Trinajstić information content (AvgIpc) is 2.57. The Labute approximate surface area is 84.4 Å². The van der Waals surface area contributed by atoms with Gasteiger partial charge >= 0.3 is 0 Å². The molecule has 3 aliphatic carbocycles. The van der Waals surface area contributed by atoms with Crippen molar-refractivity contribution < 1.29 is 4.79 Å². The van der Waals surface area contributed by atoms with Crippen molar-refractivity contribution in [1.82, 2.24) is 5.32 Å². The second-order valence-electron chi connectivity index (χ2n) is 5.18. The maximum Gasteiger partial charge on any atom is 0.218 e. The highest BCUT2D eigenvalue weighted by Gasteiger charge is 2.64. The van der Waals surface area contributed by atoms with Crippen molar-refractivity contribution in [1.29, 1.82) is 0 Å². The minimum Gasteiger partial charge on any atom is -0.370 e. The highest BCUT2D eigenvalue weighted by atomic mass is 16.1. The molecule has 0 aromatic carbocycles. The minimum absolute atomic E-state index is 0.189. The molecule has 4 unspecified atom stereocenters. The number of nitrogens with two attached hydrogens (primary N) is 1. The van der Waals surface area contributed by atoms with Crippen LogP contribution in [0.15, 0.2) is 0 Å². The van der Waals surface area contributed by atoms with Gasteiger partial charge in [-0.3, -0.25) is 4.79 Å². The molecular formula is C11H18N2O. The summed E-state index contributed by atoms with van der Waals surface area (Å²) < 4.78 is 0. The van der Waals surface area contributed by atoms with E-state index in [1.165, 1.54) is 19.3 Å². The molecule has 3 N–H and O–H groups in total. The lowest BCUT2D eigenvalue weighted by Crippen LogP contribution is -2.27. The molecule has 78 valence electrons. The van der Waals surface area contributed by atoms with Gasteiger partial charge in [0.1, 0.15) is 0 Å². The summed E-state index contributed by atoms with van der Waals surface area (Å²) in [7, 11) is 0. The lowest BCUT2D eigenvalue weighted by Gasteiger charge is -2.09. The van der Waals surface area contributed by atoms with E-state index in [-0.39, 0.29) is 5.91 Å². The van der Waals surface area contributed by atoms with Gasteiger partial charge < -0.3 is 11.1 Å². The Kier molecular flexibility index (Phi) is 1.84. The molecule has 3 saturated carbocycles. The topological polar surface area (TPSA) is 55.1 Å². The number of hydrogen-bond donors (Lipinski definition) is 2. The van der Waals surface area contributed by atoms with Crippen LogP contribution >= 0.6 is 0 Å². The fourth-order valence-corrected chi connectivity index (χ4v) is 3.96. The van der Waals surface area contributed by atoms with E-state index >= 15 is 0 Å². The van der Waals surface area contributed by atoms with Gasteiger partial charge in [0.25, 0.3) is 0 Å². The van der Waals surface area contributed by atoms with Gasteiger partial charge in [-0.05, 0) is 42.9 Å². The van der Waals surface area contributed by atoms with E-state index in [1.54, 1.807) is 0 Å². The van der Waals surface area contributed by atoms with Gasteiger partial charge in [0, 0.05) is 19.0 Å². The van der Waals surface area contributed by atoms with E-state index in [9.17, 15) is 4.79 Å². The maximum absolute atomic E-state index is 10.6. The summed E-state index contributed by atoms with van der Waals surface area (Å²) in [4.78, 5) is 10.6. The number of amides is 1. The average molecular weight is 194 g/mol. The summed E-state index contributed by atoms with van der Waals surface area (Å²) in [5.74, 6) is 3.75. The highest BCUT2D eigenvalue weighted by Crippen LogP contribution is 2.65. The normalized spacial score (nSPS) is 47.9. The summed E-state index contributed by atoms with van der Waals surface area (Å²) in [6.07, 6.45) is 4.90. The fraction of sp³-hybridized carbons (Fsp3) is 0.909. The van der Waals surface area contributed by atoms with E-state index in [2.05, 4.69) is 5.32 Å². The van der Waals surface area contributed by atoms with E-state index < -0.39 is 0 Å². The summed E-state index contributed by atoms with van der Waals surface area (Å²) in [5.41, 5.74) is 5.10. The molecule has 0 spiro atoms. The van der Waals surface area contributed by atoms with Crippen molar-refractivity contribution >= 4 is 5.91 Å². The first-order chi connectivity index (χ1) is 6.77. The Hall–Kier alpha value is -0.570. The SMILES string of the molecule is NC(=O)CCNC1C2C3CCC(C3)C12. The third kappa shape index (κ3) is 1.18. The van der Waals surface area contributed by atoms with Gasteiger partial charge in [0.2, 0.25) is 5.91 Å². The highest BCUT2D eigenvalue weighted by molar-refractivity contribution is 5.73. The number of rotatable bonds is 4. The number of nitrogens with one attached hydrogen (secondary N) is 1. The lowest BCUT2D eigenvalue weighted by atomic mass is 10.0. The van der Waals surface area contributed by atoms with Crippen molar-refractivity contribution in [2.45, 2.75) is 31.7 Å². The molecule has 0 aromatic heterocycles. The molecule has 0 radical (unpaired) electrons. The summed E-state index contributed by atoms with van der Waals surface area (Å²) in [6, 6.07) is 0.737.